The van der Waals surface area contributed by atoms with Gasteiger partial charge < -0.3 is 10.6 Å². The summed E-state index contributed by atoms with van der Waals surface area (Å²) in [5, 5.41) is 0. The number of rotatable bonds is 4. The summed E-state index contributed by atoms with van der Waals surface area (Å²) >= 11 is 0. The van der Waals surface area contributed by atoms with E-state index in [2.05, 4.69) is 23.6 Å². The van der Waals surface area contributed by atoms with E-state index in [-0.39, 0.29) is 11.9 Å². The average molecular weight is 265 g/mol. The molecule has 0 unspecified atom stereocenters. The molecule has 1 aromatic carbocycles. The Morgan fingerprint density at radius 1 is 1.16 bits per heavy atom. The number of piperazine rings is 1. The molecule has 0 bridgehead atoms. The third kappa shape index (κ3) is 3.67. The number of anilines is 1. The Morgan fingerprint density at radius 3 is 2.37 bits per heavy atom. The zero-order chi connectivity index (χ0) is 13.8. The first kappa shape index (κ1) is 14.3. The number of hydrogen-bond donors (Lipinski definition) is 1. The summed E-state index contributed by atoms with van der Waals surface area (Å²) in [6.07, 6.45) is 0. The lowest BCUT2D eigenvalue weighted by molar-refractivity contribution is 0.225. The maximum absolute atomic E-state index is 13.7. The van der Waals surface area contributed by atoms with Crippen LogP contribution in [0.15, 0.2) is 24.3 Å². The van der Waals surface area contributed by atoms with Crippen LogP contribution in [0.4, 0.5) is 10.1 Å². The molecule has 1 aromatic rings. The number of halogens is 1. The van der Waals surface area contributed by atoms with Crippen LogP contribution in [0.5, 0.6) is 0 Å². The molecule has 106 valence electrons. The van der Waals surface area contributed by atoms with E-state index in [0.29, 0.717) is 5.92 Å². The molecule has 1 aliphatic heterocycles. The fourth-order valence-electron chi connectivity index (χ4n) is 2.39. The molecule has 2 rings (SSSR count). The van der Waals surface area contributed by atoms with Gasteiger partial charge >= 0.3 is 0 Å². The smallest absolute Gasteiger partial charge is 0.146 e. The van der Waals surface area contributed by atoms with Crippen LogP contribution in [-0.2, 0) is 0 Å². The van der Waals surface area contributed by atoms with E-state index < -0.39 is 0 Å². The first-order chi connectivity index (χ1) is 9.08. The zero-order valence-corrected chi connectivity index (χ0v) is 11.8. The van der Waals surface area contributed by atoms with Gasteiger partial charge in [-0.1, -0.05) is 26.0 Å². The van der Waals surface area contributed by atoms with E-state index in [1.54, 1.807) is 6.07 Å². The molecule has 1 atom stereocenters. The Bertz CT molecular complexity index is 400. The molecule has 0 amide bonds. The number of benzene rings is 1. The minimum absolute atomic E-state index is 0.130. The van der Waals surface area contributed by atoms with Crippen molar-refractivity contribution in [2.75, 3.05) is 37.6 Å². The monoisotopic (exact) mass is 265 g/mol. The first-order valence-electron chi connectivity index (χ1n) is 7.05. The maximum Gasteiger partial charge on any atom is 0.146 e. The fraction of sp³-hybridized carbons (Fsp3) is 0.600. The second-order valence-corrected chi connectivity index (χ2v) is 5.65. The predicted octanol–water partition coefficient (Wildman–Crippen LogP) is 1.93. The van der Waals surface area contributed by atoms with Crippen molar-refractivity contribution >= 4 is 5.69 Å². The summed E-state index contributed by atoms with van der Waals surface area (Å²) in [5.74, 6) is 0.374. The molecule has 0 aliphatic carbocycles. The van der Waals surface area contributed by atoms with Crippen LogP contribution in [-0.4, -0.2) is 43.7 Å². The number of para-hydroxylation sites is 1. The van der Waals surface area contributed by atoms with E-state index in [1.807, 2.05) is 12.1 Å². The van der Waals surface area contributed by atoms with Gasteiger partial charge in [-0.3, -0.25) is 4.90 Å². The van der Waals surface area contributed by atoms with Crippen molar-refractivity contribution in [2.24, 2.45) is 11.7 Å². The highest BCUT2D eigenvalue weighted by molar-refractivity contribution is 5.47. The highest BCUT2D eigenvalue weighted by Crippen LogP contribution is 2.20. The van der Waals surface area contributed by atoms with Crippen LogP contribution in [0, 0.1) is 11.7 Å². The molecule has 0 radical (unpaired) electrons. The van der Waals surface area contributed by atoms with Gasteiger partial charge in [-0.2, -0.15) is 0 Å². The molecule has 4 heteroatoms. The van der Waals surface area contributed by atoms with Gasteiger partial charge in [-0.15, -0.1) is 0 Å². The molecular weight excluding hydrogens is 241 g/mol. The number of nitrogens with zero attached hydrogens (tertiary/aromatic N) is 2. The van der Waals surface area contributed by atoms with Crippen LogP contribution in [0.2, 0.25) is 0 Å². The Hall–Kier alpha value is -1.13. The van der Waals surface area contributed by atoms with Crippen LogP contribution in [0.1, 0.15) is 13.8 Å². The summed E-state index contributed by atoms with van der Waals surface area (Å²) in [7, 11) is 0. The number of hydrogen-bond acceptors (Lipinski definition) is 3. The van der Waals surface area contributed by atoms with Gasteiger partial charge in [0.1, 0.15) is 5.82 Å². The third-order valence-corrected chi connectivity index (χ3v) is 3.89. The standard InChI is InChI=1S/C15H24FN3/c1-12(2)14(17)11-18-7-9-19(10-8-18)15-6-4-3-5-13(15)16/h3-6,12,14H,7-11,17H2,1-2H3/t14-/m0/s1. The molecule has 1 fully saturated rings. The van der Waals surface area contributed by atoms with Crippen molar-refractivity contribution in [2.45, 2.75) is 19.9 Å². The Balaban J connectivity index is 1.88. The summed E-state index contributed by atoms with van der Waals surface area (Å²) in [6, 6.07) is 7.22. The second kappa shape index (κ2) is 6.35. The minimum atomic E-state index is -0.130. The third-order valence-electron chi connectivity index (χ3n) is 3.89. The lowest BCUT2D eigenvalue weighted by Crippen LogP contribution is -2.51. The van der Waals surface area contributed by atoms with E-state index in [4.69, 9.17) is 5.73 Å². The molecule has 0 spiro atoms. The van der Waals surface area contributed by atoms with Crippen LogP contribution < -0.4 is 10.6 Å². The predicted molar refractivity (Wildman–Crippen MR) is 77.9 cm³/mol. The van der Waals surface area contributed by atoms with Crippen LogP contribution in [0.3, 0.4) is 0 Å². The van der Waals surface area contributed by atoms with Gasteiger partial charge in [0.25, 0.3) is 0 Å². The Morgan fingerprint density at radius 2 is 1.79 bits per heavy atom. The normalized spacial score (nSPS) is 18.9. The molecule has 2 N–H and O–H groups in total. The lowest BCUT2D eigenvalue weighted by Gasteiger charge is -2.37. The molecule has 0 aromatic heterocycles. The quantitative estimate of drug-likeness (QED) is 0.903. The van der Waals surface area contributed by atoms with Gasteiger partial charge in [0, 0.05) is 38.8 Å². The topological polar surface area (TPSA) is 32.5 Å². The van der Waals surface area contributed by atoms with Crippen molar-refractivity contribution in [1.29, 1.82) is 0 Å². The van der Waals surface area contributed by atoms with Gasteiger partial charge in [0.05, 0.1) is 5.69 Å². The SMILES string of the molecule is CC(C)[C@@H](N)CN1CCN(c2ccccc2F)CC1. The van der Waals surface area contributed by atoms with Crippen molar-refractivity contribution in [1.82, 2.24) is 4.90 Å². The molecule has 1 heterocycles. The van der Waals surface area contributed by atoms with Gasteiger partial charge in [-0.05, 0) is 18.1 Å². The number of nitrogens with two attached hydrogens (primary N) is 1. The van der Waals surface area contributed by atoms with Crippen molar-refractivity contribution in [3.8, 4) is 0 Å². The van der Waals surface area contributed by atoms with Gasteiger partial charge in [0.2, 0.25) is 0 Å². The summed E-state index contributed by atoms with van der Waals surface area (Å²) in [5.41, 5.74) is 6.82. The highest BCUT2D eigenvalue weighted by Gasteiger charge is 2.21. The Labute approximate surface area is 115 Å². The Kier molecular flexibility index (Phi) is 4.77. The molecule has 1 aliphatic rings. The average Bonchev–Trinajstić information content (AvgIpc) is 2.40. The van der Waals surface area contributed by atoms with E-state index in [9.17, 15) is 4.39 Å². The van der Waals surface area contributed by atoms with Gasteiger partial charge in [0.15, 0.2) is 0 Å². The van der Waals surface area contributed by atoms with E-state index >= 15 is 0 Å². The zero-order valence-electron chi connectivity index (χ0n) is 11.8. The van der Waals surface area contributed by atoms with E-state index in [0.717, 1.165) is 38.4 Å². The van der Waals surface area contributed by atoms with Crippen LogP contribution in [0.25, 0.3) is 0 Å². The molecule has 19 heavy (non-hydrogen) atoms. The fourth-order valence-corrected chi connectivity index (χ4v) is 2.39. The van der Waals surface area contributed by atoms with E-state index in [1.165, 1.54) is 6.07 Å². The lowest BCUT2D eigenvalue weighted by atomic mass is 10.0. The largest absolute Gasteiger partial charge is 0.367 e. The molecule has 1 saturated heterocycles. The summed E-state index contributed by atoms with van der Waals surface area (Å²) in [4.78, 5) is 4.49. The second-order valence-electron chi connectivity index (χ2n) is 5.65. The first-order valence-corrected chi connectivity index (χ1v) is 7.05. The molecule has 0 saturated carbocycles. The van der Waals surface area contributed by atoms with Crippen LogP contribution >= 0.6 is 0 Å². The van der Waals surface area contributed by atoms with Gasteiger partial charge in [-0.25, -0.2) is 4.39 Å². The van der Waals surface area contributed by atoms with Crippen molar-refractivity contribution < 1.29 is 4.39 Å². The molecular formula is C15H24FN3. The minimum Gasteiger partial charge on any atom is -0.367 e. The summed E-state index contributed by atoms with van der Waals surface area (Å²) in [6.45, 7) is 8.88. The highest BCUT2D eigenvalue weighted by atomic mass is 19.1. The van der Waals surface area contributed by atoms with Crippen molar-refractivity contribution in [3.05, 3.63) is 30.1 Å². The van der Waals surface area contributed by atoms with Crippen molar-refractivity contribution in [3.63, 3.8) is 0 Å². The molecule has 3 nitrogen and oxygen atoms in total. The maximum atomic E-state index is 13.7. The summed E-state index contributed by atoms with van der Waals surface area (Å²) < 4.78 is 13.7.